The Morgan fingerprint density at radius 1 is 0.519 bits per heavy atom. The number of phosphoric ester groups is 1. The molecule has 0 amide bonds. The van der Waals surface area contributed by atoms with Gasteiger partial charge >= 0.3 is 19.8 Å². The van der Waals surface area contributed by atoms with E-state index in [-0.39, 0.29) is 19.4 Å². The number of carbonyl (C=O) groups is 2. The molecule has 52 heavy (non-hydrogen) atoms. The monoisotopic (exact) mass is 755 g/mol. The quantitative estimate of drug-likeness (QED) is 0.0275. The first-order chi connectivity index (χ1) is 25.3. The Bertz CT molecular complexity index is 941. The fourth-order valence-corrected chi connectivity index (χ4v) is 6.40. The van der Waals surface area contributed by atoms with Crippen LogP contribution in [0.3, 0.4) is 0 Å². The predicted molar refractivity (Wildman–Crippen MR) is 216 cm³/mol. The van der Waals surface area contributed by atoms with Crippen LogP contribution in [0.1, 0.15) is 206 Å². The predicted octanol–water partition coefficient (Wildman–Crippen LogP) is 13.0. The average molecular weight is 755 g/mol. The van der Waals surface area contributed by atoms with Gasteiger partial charge in [-0.15, -0.1) is 0 Å². The lowest BCUT2D eigenvalue weighted by molar-refractivity contribution is -0.161. The summed E-state index contributed by atoms with van der Waals surface area (Å²) in [5.74, 6) is -0.898. The lowest BCUT2D eigenvalue weighted by Crippen LogP contribution is -2.29. The molecule has 0 spiro atoms. The van der Waals surface area contributed by atoms with Crippen molar-refractivity contribution in [1.29, 1.82) is 0 Å². The Balaban J connectivity index is 3.89. The van der Waals surface area contributed by atoms with Crippen LogP contribution in [-0.2, 0) is 28.2 Å². The number of unbranched alkanes of at least 4 members (excludes halogenated alkanes) is 23. The first-order valence-electron chi connectivity index (χ1n) is 21.3. The van der Waals surface area contributed by atoms with Crippen LogP contribution in [0.5, 0.6) is 0 Å². The van der Waals surface area contributed by atoms with Crippen LogP contribution in [0.25, 0.3) is 0 Å². The maximum absolute atomic E-state index is 12.4. The van der Waals surface area contributed by atoms with E-state index < -0.39 is 32.5 Å². The van der Waals surface area contributed by atoms with Crippen molar-refractivity contribution in [1.82, 2.24) is 0 Å². The van der Waals surface area contributed by atoms with Gasteiger partial charge in [-0.25, -0.2) is 4.57 Å². The summed E-state index contributed by atoms with van der Waals surface area (Å²) in [6.45, 7) is 3.58. The molecule has 0 aromatic rings. The maximum Gasteiger partial charge on any atom is 0.469 e. The van der Waals surface area contributed by atoms with Crippen molar-refractivity contribution in [2.24, 2.45) is 0 Å². The average Bonchev–Trinajstić information content (AvgIpc) is 3.11. The molecular weight excluding hydrogens is 675 g/mol. The van der Waals surface area contributed by atoms with E-state index in [9.17, 15) is 14.2 Å². The molecule has 0 aromatic heterocycles. The molecule has 0 aromatic carbocycles. The number of rotatable bonds is 39. The van der Waals surface area contributed by atoms with Gasteiger partial charge in [0.1, 0.15) is 6.61 Å². The highest BCUT2D eigenvalue weighted by molar-refractivity contribution is 7.46. The van der Waals surface area contributed by atoms with Crippen molar-refractivity contribution in [3.8, 4) is 0 Å². The second-order valence-electron chi connectivity index (χ2n) is 14.3. The zero-order valence-electron chi connectivity index (χ0n) is 33.5. The summed E-state index contributed by atoms with van der Waals surface area (Å²) < 4.78 is 26.4. The van der Waals surface area contributed by atoms with Gasteiger partial charge in [0.25, 0.3) is 0 Å². The minimum Gasteiger partial charge on any atom is -0.462 e. The van der Waals surface area contributed by atoms with Gasteiger partial charge in [-0.3, -0.25) is 14.1 Å². The van der Waals surface area contributed by atoms with E-state index in [1.165, 1.54) is 103 Å². The molecule has 2 N–H and O–H groups in total. The van der Waals surface area contributed by atoms with E-state index >= 15 is 0 Å². The zero-order valence-corrected chi connectivity index (χ0v) is 34.4. The summed E-state index contributed by atoms with van der Waals surface area (Å²) in [6.07, 6.45) is 45.8. The van der Waals surface area contributed by atoms with Gasteiger partial charge in [-0.1, -0.05) is 185 Å². The number of hydrogen-bond acceptors (Lipinski definition) is 6. The minimum absolute atomic E-state index is 0.194. The van der Waals surface area contributed by atoms with Crippen LogP contribution >= 0.6 is 7.82 Å². The van der Waals surface area contributed by atoms with E-state index in [4.69, 9.17) is 19.3 Å². The third kappa shape index (κ3) is 41.0. The molecule has 0 aliphatic carbocycles. The molecule has 0 saturated carbocycles. The molecule has 0 saturated heterocycles. The summed E-state index contributed by atoms with van der Waals surface area (Å²) in [6, 6.07) is 0. The van der Waals surface area contributed by atoms with Gasteiger partial charge in [0.2, 0.25) is 0 Å². The first-order valence-corrected chi connectivity index (χ1v) is 22.8. The molecule has 0 rings (SSSR count). The molecule has 1 atom stereocenters. The number of phosphoric acid groups is 1. The van der Waals surface area contributed by atoms with Crippen LogP contribution in [0, 0.1) is 0 Å². The molecule has 0 radical (unpaired) electrons. The van der Waals surface area contributed by atoms with Crippen molar-refractivity contribution in [3.05, 3.63) is 36.5 Å². The normalized spacial score (nSPS) is 12.8. The topological polar surface area (TPSA) is 119 Å². The number of carbonyl (C=O) groups excluding carboxylic acids is 2. The molecule has 0 heterocycles. The second kappa shape index (κ2) is 39.0. The molecular formula is C43H79O8P. The van der Waals surface area contributed by atoms with Crippen LogP contribution in [0.4, 0.5) is 0 Å². The van der Waals surface area contributed by atoms with E-state index in [0.29, 0.717) is 6.42 Å². The zero-order chi connectivity index (χ0) is 38.2. The fourth-order valence-electron chi connectivity index (χ4n) is 6.04. The number of allylic oxidation sites excluding steroid dienone is 6. The van der Waals surface area contributed by atoms with Gasteiger partial charge in [0.05, 0.1) is 6.61 Å². The molecule has 8 nitrogen and oxygen atoms in total. The number of hydrogen-bond donors (Lipinski definition) is 2. The van der Waals surface area contributed by atoms with E-state index in [1.54, 1.807) is 0 Å². The summed E-state index contributed by atoms with van der Waals surface area (Å²) in [5.41, 5.74) is 0. The first kappa shape index (κ1) is 50.3. The largest absolute Gasteiger partial charge is 0.469 e. The second-order valence-corrected chi connectivity index (χ2v) is 15.5. The van der Waals surface area contributed by atoms with Crippen molar-refractivity contribution in [2.75, 3.05) is 13.2 Å². The summed E-state index contributed by atoms with van der Waals surface area (Å²) in [7, 11) is -4.76. The Labute approximate surface area is 319 Å². The van der Waals surface area contributed by atoms with E-state index in [2.05, 4.69) is 54.8 Å². The highest BCUT2D eigenvalue weighted by Crippen LogP contribution is 2.36. The molecule has 0 aliphatic rings. The highest BCUT2D eigenvalue weighted by atomic mass is 31.2. The summed E-state index contributed by atoms with van der Waals surface area (Å²) in [5, 5.41) is 0. The summed E-state index contributed by atoms with van der Waals surface area (Å²) in [4.78, 5) is 42.8. The molecule has 0 aliphatic heterocycles. The van der Waals surface area contributed by atoms with E-state index in [1.807, 2.05) is 0 Å². The van der Waals surface area contributed by atoms with Gasteiger partial charge in [0, 0.05) is 12.8 Å². The standard InChI is InChI=1S/C43H79O8P/c1-3-5-7-9-11-13-15-17-19-20-21-22-24-25-27-29-31-33-35-37-42(44)49-39-41(40-50-52(46,47)48)51-43(45)38-36-34-32-30-28-26-23-18-16-14-12-10-8-6-4-2/h6,8,12,14,18,23,41H,3-5,7,9-11,13,15-17,19-22,24-40H2,1-2H3,(H2,46,47,48)/b8-6+,14-12+,23-18+/t41-/m1/s1. The molecule has 9 heteroatoms. The van der Waals surface area contributed by atoms with Gasteiger partial charge in [-0.05, 0) is 44.9 Å². The van der Waals surface area contributed by atoms with Crippen molar-refractivity contribution >= 4 is 19.8 Å². The SMILES string of the molecule is CC/C=C/C/C=C/C/C=C/CCCCCCCC(=O)O[C@H](COC(=O)CCCCCCCCCCCCCCCCCCCCC)COP(=O)(O)O. The van der Waals surface area contributed by atoms with Crippen molar-refractivity contribution in [2.45, 2.75) is 213 Å². The minimum atomic E-state index is -4.76. The Kier molecular flexibility index (Phi) is 37.7. The van der Waals surface area contributed by atoms with E-state index in [0.717, 1.165) is 70.6 Å². The smallest absolute Gasteiger partial charge is 0.462 e. The molecule has 304 valence electrons. The molecule has 0 bridgehead atoms. The van der Waals surface area contributed by atoms with Crippen LogP contribution < -0.4 is 0 Å². The molecule has 0 unspecified atom stereocenters. The Morgan fingerprint density at radius 3 is 1.38 bits per heavy atom. The van der Waals surface area contributed by atoms with Crippen LogP contribution in [-0.4, -0.2) is 41.0 Å². The third-order valence-electron chi connectivity index (χ3n) is 9.17. The number of ether oxygens (including phenoxy) is 2. The Morgan fingerprint density at radius 2 is 0.923 bits per heavy atom. The Hall–Kier alpha value is -1.73. The van der Waals surface area contributed by atoms with Crippen molar-refractivity contribution < 1.29 is 37.9 Å². The van der Waals surface area contributed by atoms with Crippen LogP contribution in [0.2, 0.25) is 0 Å². The van der Waals surface area contributed by atoms with Gasteiger partial charge in [0.15, 0.2) is 6.10 Å². The van der Waals surface area contributed by atoms with Crippen LogP contribution in [0.15, 0.2) is 36.5 Å². The third-order valence-corrected chi connectivity index (χ3v) is 9.66. The van der Waals surface area contributed by atoms with Gasteiger partial charge in [-0.2, -0.15) is 0 Å². The highest BCUT2D eigenvalue weighted by Gasteiger charge is 2.22. The lowest BCUT2D eigenvalue weighted by atomic mass is 10.0. The fraction of sp³-hybridized carbons (Fsp3) is 0.814. The maximum atomic E-state index is 12.4. The molecule has 0 fully saturated rings. The van der Waals surface area contributed by atoms with Gasteiger partial charge < -0.3 is 19.3 Å². The summed E-state index contributed by atoms with van der Waals surface area (Å²) >= 11 is 0. The number of esters is 2. The lowest BCUT2D eigenvalue weighted by Gasteiger charge is -2.18. The van der Waals surface area contributed by atoms with Crippen molar-refractivity contribution in [3.63, 3.8) is 0 Å².